The number of methoxy groups -OCH3 is 1. The fraction of sp³-hybridized carbons (Fsp3) is 1.00. The number of aliphatic hydroxyl groups is 1. The Bertz CT molecular complexity index is 189. The van der Waals surface area contributed by atoms with Gasteiger partial charge in [0.1, 0.15) is 0 Å². The fourth-order valence-corrected chi connectivity index (χ4v) is 2.62. The van der Waals surface area contributed by atoms with Gasteiger partial charge in [0, 0.05) is 20.3 Å². The third-order valence-electron chi connectivity index (χ3n) is 4.02. The third kappa shape index (κ3) is 5.84. The molecule has 0 saturated heterocycles. The Morgan fingerprint density at radius 3 is 2.59 bits per heavy atom. The standard InChI is InChI=1S/C14H29NO2/c1-3-13-6-8-14(16,9-7-13)12-15-10-4-5-11-17-2/h13,15-16H,3-12H2,1-2H3. The van der Waals surface area contributed by atoms with Crippen LogP contribution in [-0.2, 0) is 4.74 Å². The molecule has 0 aromatic heterocycles. The van der Waals surface area contributed by atoms with E-state index in [1.54, 1.807) is 7.11 Å². The average molecular weight is 243 g/mol. The van der Waals surface area contributed by atoms with Crippen LogP contribution in [0.15, 0.2) is 0 Å². The molecular formula is C14H29NO2. The van der Waals surface area contributed by atoms with Gasteiger partial charge >= 0.3 is 0 Å². The van der Waals surface area contributed by atoms with E-state index in [2.05, 4.69) is 12.2 Å². The third-order valence-corrected chi connectivity index (χ3v) is 4.02. The van der Waals surface area contributed by atoms with Gasteiger partial charge in [-0.25, -0.2) is 0 Å². The highest BCUT2D eigenvalue weighted by Gasteiger charge is 2.31. The summed E-state index contributed by atoms with van der Waals surface area (Å²) < 4.78 is 5.01. The second-order valence-electron chi connectivity index (χ2n) is 5.45. The number of rotatable bonds is 8. The van der Waals surface area contributed by atoms with E-state index < -0.39 is 5.60 Å². The summed E-state index contributed by atoms with van der Waals surface area (Å²) in [6.45, 7) is 4.84. The Morgan fingerprint density at radius 2 is 2.00 bits per heavy atom. The first-order valence-electron chi connectivity index (χ1n) is 7.12. The van der Waals surface area contributed by atoms with Gasteiger partial charge in [-0.2, -0.15) is 0 Å². The van der Waals surface area contributed by atoms with Crippen molar-refractivity contribution < 1.29 is 9.84 Å². The van der Waals surface area contributed by atoms with Gasteiger partial charge in [0.2, 0.25) is 0 Å². The van der Waals surface area contributed by atoms with Crippen LogP contribution >= 0.6 is 0 Å². The van der Waals surface area contributed by atoms with Crippen LogP contribution in [0, 0.1) is 5.92 Å². The number of unbranched alkanes of at least 4 members (excludes halogenated alkanes) is 1. The van der Waals surface area contributed by atoms with Crippen molar-refractivity contribution in [2.75, 3.05) is 26.8 Å². The van der Waals surface area contributed by atoms with Crippen molar-refractivity contribution in [3.8, 4) is 0 Å². The zero-order chi connectivity index (χ0) is 12.6. The second kappa shape index (κ2) is 8.06. The summed E-state index contributed by atoms with van der Waals surface area (Å²) in [5, 5.41) is 13.8. The lowest BCUT2D eigenvalue weighted by Gasteiger charge is -2.36. The molecule has 3 nitrogen and oxygen atoms in total. The molecule has 1 fully saturated rings. The zero-order valence-corrected chi connectivity index (χ0v) is 11.5. The van der Waals surface area contributed by atoms with E-state index in [1.165, 1.54) is 19.3 Å². The van der Waals surface area contributed by atoms with E-state index in [9.17, 15) is 5.11 Å². The van der Waals surface area contributed by atoms with E-state index in [0.717, 1.165) is 51.3 Å². The van der Waals surface area contributed by atoms with E-state index in [0.29, 0.717) is 0 Å². The second-order valence-corrected chi connectivity index (χ2v) is 5.45. The lowest BCUT2D eigenvalue weighted by molar-refractivity contribution is -0.00852. The summed E-state index contributed by atoms with van der Waals surface area (Å²) >= 11 is 0. The number of hydrogen-bond donors (Lipinski definition) is 2. The SMILES string of the molecule is CCC1CCC(O)(CNCCCCOC)CC1. The van der Waals surface area contributed by atoms with E-state index in [1.807, 2.05) is 0 Å². The molecule has 1 rings (SSSR count). The first-order valence-corrected chi connectivity index (χ1v) is 7.12. The van der Waals surface area contributed by atoms with E-state index in [-0.39, 0.29) is 0 Å². The lowest BCUT2D eigenvalue weighted by atomic mass is 9.78. The number of hydrogen-bond acceptors (Lipinski definition) is 3. The highest BCUT2D eigenvalue weighted by atomic mass is 16.5. The molecule has 0 unspecified atom stereocenters. The van der Waals surface area contributed by atoms with Crippen LogP contribution in [0.2, 0.25) is 0 Å². The molecule has 0 aromatic carbocycles. The molecule has 0 spiro atoms. The maximum Gasteiger partial charge on any atom is 0.0771 e. The molecule has 0 atom stereocenters. The Balaban J connectivity index is 2.06. The predicted molar refractivity (Wildman–Crippen MR) is 71.2 cm³/mol. The van der Waals surface area contributed by atoms with Gasteiger partial charge in [-0.15, -0.1) is 0 Å². The summed E-state index contributed by atoms with van der Waals surface area (Å²) in [4.78, 5) is 0. The maximum atomic E-state index is 10.4. The molecule has 0 bridgehead atoms. The normalized spacial score (nSPS) is 29.5. The monoisotopic (exact) mass is 243 g/mol. The van der Waals surface area contributed by atoms with Gasteiger partial charge in [0.05, 0.1) is 5.60 Å². The van der Waals surface area contributed by atoms with Gasteiger partial charge in [0.25, 0.3) is 0 Å². The smallest absolute Gasteiger partial charge is 0.0771 e. The number of ether oxygens (including phenoxy) is 1. The minimum absolute atomic E-state index is 0.438. The van der Waals surface area contributed by atoms with Crippen molar-refractivity contribution >= 4 is 0 Å². The lowest BCUT2D eigenvalue weighted by Crippen LogP contribution is -2.43. The molecule has 1 saturated carbocycles. The molecule has 102 valence electrons. The van der Waals surface area contributed by atoms with Crippen molar-refractivity contribution in [3.05, 3.63) is 0 Å². The Morgan fingerprint density at radius 1 is 1.29 bits per heavy atom. The molecule has 0 aliphatic heterocycles. The highest BCUT2D eigenvalue weighted by molar-refractivity contribution is 4.86. The van der Waals surface area contributed by atoms with Crippen molar-refractivity contribution in [1.82, 2.24) is 5.32 Å². The molecule has 1 aliphatic rings. The molecule has 0 heterocycles. The van der Waals surface area contributed by atoms with Crippen LogP contribution in [0.1, 0.15) is 51.9 Å². The fourth-order valence-electron chi connectivity index (χ4n) is 2.62. The molecular weight excluding hydrogens is 214 g/mol. The molecule has 0 radical (unpaired) electrons. The molecule has 0 aromatic rings. The maximum absolute atomic E-state index is 10.4. The quantitative estimate of drug-likeness (QED) is 0.643. The predicted octanol–water partition coefficient (Wildman–Crippen LogP) is 2.33. The summed E-state index contributed by atoms with van der Waals surface area (Å²) in [6.07, 6.45) is 7.81. The molecule has 1 aliphatic carbocycles. The Labute approximate surface area is 106 Å². The van der Waals surface area contributed by atoms with Crippen molar-refractivity contribution in [1.29, 1.82) is 0 Å². The topological polar surface area (TPSA) is 41.5 Å². The van der Waals surface area contributed by atoms with Crippen molar-refractivity contribution in [2.45, 2.75) is 57.5 Å². The molecule has 2 N–H and O–H groups in total. The minimum atomic E-state index is -0.438. The van der Waals surface area contributed by atoms with Gasteiger partial charge in [-0.05, 0) is 51.0 Å². The van der Waals surface area contributed by atoms with Gasteiger partial charge in [-0.1, -0.05) is 13.3 Å². The summed E-state index contributed by atoms with van der Waals surface area (Å²) in [7, 11) is 1.74. The van der Waals surface area contributed by atoms with Crippen LogP contribution < -0.4 is 5.32 Å². The first kappa shape index (κ1) is 14.9. The van der Waals surface area contributed by atoms with Gasteiger partial charge in [-0.3, -0.25) is 0 Å². The van der Waals surface area contributed by atoms with Crippen LogP contribution in [0.3, 0.4) is 0 Å². The molecule has 17 heavy (non-hydrogen) atoms. The first-order chi connectivity index (χ1) is 8.20. The van der Waals surface area contributed by atoms with E-state index >= 15 is 0 Å². The van der Waals surface area contributed by atoms with Crippen LogP contribution in [-0.4, -0.2) is 37.5 Å². The van der Waals surface area contributed by atoms with Crippen LogP contribution in [0.25, 0.3) is 0 Å². The van der Waals surface area contributed by atoms with E-state index in [4.69, 9.17) is 4.74 Å². The summed E-state index contributed by atoms with van der Waals surface area (Å²) in [5.41, 5.74) is -0.438. The largest absolute Gasteiger partial charge is 0.389 e. The van der Waals surface area contributed by atoms with Gasteiger partial charge < -0.3 is 15.2 Å². The molecule has 0 amide bonds. The zero-order valence-electron chi connectivity index (χ0n) is 11.5. The van der Waals surface area contributed by atoms with Gasteiger partial charge in [0.15, 0.2) is 0 Å². The van der Waals surface area contributed by atoms with Crippen molar-refractivity contribution in [3.63, 3.8) is 0 Å². The summed E-state index contributed by atoms with van der Waals surface area (Å²) in [6, 6.07) is 0. The van der Waals surface area contributed by atoms with Crippen molar-refractivity contribution in [2.24, 2.45) is 5.92 Å². The minimum Gasteiger partial charge on any atom is -0.389 e. The highest BCUT2D eigenvalue weighted by Crippen LogP contribution is 2.33. The number of nitrogens with one attached hydrogen (secondary N) is 1. The average Bonchev–Trinajstić information content (AvgIpc) is 2.35. The summed E-state index contributed by atoms with van der Waals surface area (Å²) in [5.74, 6) is 0.844. The molecule has 3 heteroatoms. The van der Waals surface area contributed by atoms with Crippen LogP contribution in [0.4, 0.5) is 0 Å². The Kier molecular flexibility index (Phi) is 7.09. The Hall–Kier alpha value is -0.120. The van der Waals surface area contributed by atoms with Crippen LogP contribution in [0.5, 0.6) is 0 Å².